The van der Waals surface area contributed by atoms with Gasteiger partial charge in [-0.3, -0.25) is 4.98 Å². The minimum atomic E-state index is 0.150. The van der Waals surface area contributed by atoms with E-state index in [1.165, 1.54) is 11.1 Å². The number of hydrogen-bond acceptors (Lipinski definition) is 3. The van der Waals surface area contributed by atoms with E-state index in [0.717, 1.165) is 29.8 Å². The number of nitrogens with one attached hydrogen (secondary N) is 2. The number of pyridine rings is 1. The van der Waals surface area contributed by atoms with Crippen LogP contribution in [0.3, 0.4) is 0 Å². The predicted octanol–water partition coefficient (Wildman–Crippen LogP) is 2.19. The SMILES string of the molecule is c1ccc2c(c1)CCNC2c1nc2ccncc2[nH]1. The highest BCUT2D eigenvalue weighted by molar-refractivity contribution is 5.73. The summed E-state index contributed by atoms with van der Waals surface area (Å²) in [6.07, 6.45) is 4.67. The molecule has 0 aliphatic carbocycles. The summed E-state index contributed by atoms with van der Waals surface area (Å²) in [7, 11) is 0. The molecule has 1 aromatic carbocycles. The Morgan fingerprint density at radius 3 is 3.05 bits per heavy atom. The van der Waals surface area contributed by atoms with Gasteiger partial charge in [0.1, 0.15) is 5.82 Å². The van der Waals surface area contributed by atoms with Gasteiger partial charge in [-0.25, -0.2) is 4.98 Å². The van der Waals surface area contributed by atoms with E-state index < -0.39 is 0 Å². The molecule has 3 heterocycles. The molecule has 0 fully saturated rings. The van der Waals surface area contributed by atoms with Crippen LogP contribution in [0.15, 0.2) is 42.7 Å². The van der Waals surface area contributed by atoms with Crippen molar-refractivity contribution >= 4 is 11.0 Å². The Morgan fingerprint density at radius 1 is 1.16 bits per heavy atom. The Balaban J connectivity index is 1.85. The van der Waals surface area contributed by atoms with Crippen molar-refractivity contribution in [3.8, 4) is 0 Å². The summed E-state index contributed by atoms with van der Waals surface area (Å²) in [5, 5.41) is 3.54. The molecule has 1 aliphatic rings. The quantitative estimate of drug-likeness (QED) is 0.696. The standard InChI is InChI=1S/C15H14N4/c1-2-4-11-10(3-1)5-8-17-14(11)15-18-12-6-7-16-9-13(12)19-15/h1-4,6-7,9,14,17H,5,8H2,(H,18,19). The Hall–Kier alpha value is -2.20. The van der Waals surface area contributed by atoms with Gasteiger partial charge in [0.15, 0.2) is 0 Å². The fourth-order valence-corrected chi connectivity index (χ4v) is 2.76. The first kappa shape index (κ1) is 10.7. The van der Waals surface area contributed by atoms with Gasteiger partial charge in [-0.15, -0.1) is 0 Å². The molecular weight excluding hydrogens is 236 g/mol. The van der Waals surface area contributed by atoms with E-state index in [1.807, 2.05) is 12.3 Å². The average Bonchev–Trinajstić information content (AvgIpc) is 2.90. The molecule has 19 heavy (non-hydrogen) atoms. The Kier molecular flexibility index (Phi) is 2.35. The maximum Gasteiger partial charge on any atom is 0.129 e. The van der Waals surface area contributed by atoms with Crippen molar-refractivity contribution in [1.29, 1.82) is 0 Å². The van der Waals surface area contributed by atoms with Crippen molar-refractivity contribution in [2.45, 2.75) is 12.5 Å². The molecule has 0 radical (unpaired) electrons. The van der Waals surface area contributed by atoms with E-state index >= 15 is 0 Å². The summed E-state index contributed by atoms with van der Waals surface area (Å²) in [4.78, 5) is 12.2. The molecule has 2 aromatic heterocycles. The number of fused-ring (bicyclic) bond motifs is 2. The van der Waals surface area contributed by atoms with Gasteiger partial charge in [-0.2, -0.15) is 0 Å². The largest absolute Gasteiger partial charge is 0.339 e. The second-order valence-electron chi connectivity index (χ2n) is 4.85. The van der Waals surface area contributed by atoms with Crippen molar-refractivity contribution in [2.75, 3.05) is 6.54 Å². The number of aromatic nitrogens is 3. The van der Waals surface area contributed by atoms with Crippen molar-refractivity contribution in [2.24, 2.45) is 0 Å². The molecule has 4 heteroatoms. The van der Waals surface area contributed by atoms with Crippen LogP contribution in [0.25, 0.3) is 11.0 Å². The molecule has 3 aromatic rings. The lowest BCUT2D eigenvalue weighted by molar-refractivity contribution is 0.549. The van der Waals surface area contributed by atoms with E-state index in [1.54, 1.807) is 6.20 Å². The van der Waals surface area contributed by atoms with Crippen LogP contribution < -0.4 is 5.32 Å². The minimum absolute atomic E-state index is 0.150. The van der Waals surface area contributed by atoms with Gasteiger partial charge >= 0.3 is 0 Å². The normalized spacial score (nSPS) is 18.4. The maximum atomic E-state index is 4.68. The molecule has 4 rings (SSSR count). The topological polar surface area (TPSA) is 53.6 Å². The lowest BCUT2D eigenvalue weighted by Crippen LogP contribution is -2.31. The van der Waals surface area contributed by atoms with E-state index in [4.69, 9.17) is 0 Å². The van der Waals surface area contributed by atoms with Crippen LogP contribution in [0, 0.1) is 0 Å². The fourth-order valence-electron chi connectivity index (χ4n) is 2.76. The molecule has 0 saturated heterocycles. The molecular formula is C15H14N4. The van der Waals surface area contributed by atoms with Gasteiger partial charge in [-0.1, -0.05) is 24.3 Å². The highest BCUT2D eigenvalue weighted by Gasteiger charge is 2.23. The number of nitrogens with zero attached hydrogens (tertiary/aromatic N) is 2. The van der Waals surface area contributed by atoms with E-state index in [-0.39, 0.29) is 6.04 Å². The minimum Gasteiger partial charge on any atom is -0.339 e. The fraction of sp³-hybridized carbons (Fsp3) is 0.200. The Morgan fingerprint density at radius 2 is 2.11 bits per heavy atom. The summed E-state index contributed by atoms with van der Waals surface area (Å²) < 4.78 is 0. The molecule has 0 spiro atoms. The first-order chi connectivity index (χ1) is 9.42. The summed E-state index contributed by atoms with van der Waals surface area (Å²) in [6, 6.07) is 10.7. The summed E-state index contributed by atoms with van der Waals surface area (Å²) in [5.74, 6) is 0.968. The number of hydrogen-bond donors (Lipinski definition) is 2. The Bertz CT molecular complexity index is 699. The van der Waals surface area contributed by atoms with Crippen molar-refractivity contribution in [3.63, 3.8) is 0 Å². The average molecular weight is 250 g/mol. The number of benzene rings is 1. The van der Waals surface area contributed by atoms with Crippen LogP contribution in [0.1, 0.15) is 23.0 Å². The van der Waals surface area contributed by atoms with E-state index in [9.17, 15) is 0 Å². The second kappa shape index (κ2) is 4.17. The van der Waals surface area contributed by atoms with Gasteiger partial charge in [0, 0.05) is 12.7 Å². The summed E-state index contributed by atoms with van der Waals surface area (Å²) in [6.45, 7) is 0.983. The van der Waals surface area contributed by atoms with Crippen LogP contribution in [-0.2, 0) is 6.42 Å². The molecule has 0 amide bonds. The number of aromatic amines is 1. The third-order valence-electron chi connectivity index (χ3n) is 3.68. The molecule has 2 N–H and O–H groups in total. The summed E-state index contributed by atoms with van der Waals surface area (Å²) in [5.41, 5.74) is 4.68. The zero-order chi connectivity index (χ0) is 12.7. The van der Waals surface area contributed by atoms with Gasteiger partial charge in [0.2, 0.25) is 0 Å². The highest BCUT2D eigenvalue weighted by atomic mass is 15.0. The van der Waals surface area contributed by atoms with Crippen LogP contribution in [0.2, 0.25) is 0 Å². The van der Waals surface area contributed by atoms with E-state index in [0.29, 0.717) is 0 Å². The molecule has 0 saturated carbocycles. The number of H-pyrrole nitrogens is 1. The first-order valence-electron chi connectivity index (χ1n) is 6.52. The van der Waals surface area contributed by atoms with E-state index in [2.05, 4.69) is 44.5 Å². The van der Waals surface area contributed by atoms with Crippen molar-refractivity contribution < 1.29 is 0 Å². The zero-order valence-corrected chi connectivity index (χ0v) is 10.4. The molecule has 1 unspecified atom stereocenters. The predicted molar refractivity (Wildman–Crippen MR) is 73.9 cm³/mol. The van der Waals surface area contributed by atoms with Crippen LogP contribution >= 0.6 is 0 Å². The molecule has 0 bridgehead atoms. The van der Waals surface area contributed by atoms with Gasteiger partial charge in [0.05, 0.1) is 23.3 Å². The lowest BCUT2D eigenvalue weighted by Gasteiger charge is -2.25. The third kappa shape index (κ3) is 1.72. The summed E-state index contributed by atoms with van der Waals surface area (Å²) >= 11 is 0. The van der Waals surface area contributed by atoms with Crippen LogP contribution in [0.4, 0.5) is 0 Å². The monoisotopic (exact) mass is 250 g/mol. The molecule has 1 aliphatic heterocycles. The maximum absolute atomic E-state index is 4.68. The lowest BCUT2D eigenvalue weighted by atomic mass is 9.94. The molecule has 1 atom stereocenters. The zero-order valence-electron chi connectivity index (χ0n) is 10.4. The van der Waals surface area contributed by atoms with Crippen LogP contribution in [0.5, 0.6) is 0 Å². The van der Waals surface area contributed by atoms with Crippen molar-refractivity contribution in [1.82, 2.24) is 20.3 Å². The van der Waals surface area contributed by atoms with Gasteiger partial charge in [-0.05, 0) is 23.6 Å². The van der Waals surface area contributed by atoms with Gasteiger partial charge in [0.25, 0.3) is 0 Å². The van der Waals surface area contributed by atoms with Crippen LogP contribution in [-0.4, -0.2) is 21.5 Å². The molecule has 94 valence electrons. The third-order valence-corrected chi connectivity index (χ3v) is 3.68. The highest BCUT2D eigenvalue weighted by Crippen LogP contribution is 2.27. The van der Waals surface area contributed by atoms with Crippen molar-refractivity contribution in [3.05, 3.63) is 59.7 Å². The first-order valence-corrected chi connectivity index (χ1v) is 6.52. The number of rotatable bonds is 1. The van der Waals surface area contributed by atoms with Gasteiger partial charge < -0.3 is 10.3 Å². The Labute approximate surface area is 110 Å². The second-order valence-corrected chi connectivity index (χ2v) is 4.85. The molecule has 4 nitrogen and oxygen atoms in total. The smallest absolute Gasteiger partial charge is 0.129 e. The number of imidazole rings is 1.